The minimum atomic E-state index is -3.70. The van der Waals surface area contributed by atoms with Crippen LogP contribution in [0, 0.1) is 0 Å². The molecule has 0 radical (unpaired) electrons. The minimum Gasteiger partial charge on any atom is -0.395 e. The summed E-state index contributed by atoms with van der Waals surface area (Å²) in [5.41, 5.74) is 0.615. The first kappa shape index (κ1) is 15.2. The fourth-order valence-electron chi connectivity index (χ4n) is 1.88. The van der Waals surface area contributed by atoms with Gasteiger partial charge in [0.05, 0.1) is 12.8 Å². The number of aliphatic hydroxyl groups is 1. The van der Waals surface area contributed by atoms with Crippen LogP contribution in [0.4, 0.5) is 0 Å². The molecular formula is C12H20N4O3S. The average Bonchev–Trinajstić information content (AvgIpc) is 3.12. The van der Waals surface area contributed by atoms with Gasteiger partial charge >= 0.3 is 0 Å². The molecule has 2 rings (SSSR count). The molecule has 112 valence electrons. The maximum absolute atomic E-state index is 12.5. The molecule has 3 N–H and O–H groups in total. The van der Waals surface area contributed by atoms with Crippen LogP contribution in [0.15, 0.2) is 23.9 Å². The van der Waals surface area contributed by atoms with Gasteiger partial charge in [-0.1, -0.05) is 6.08 Å². The Morgan fingerprint density at radius 2 is 2.35 bits per heavy atom. The predicted octanol–water partition coefficient (Wildman–Crippen LogP) is -0.169. The lowest BCUT2D eigenvalue weighted by molar-refractivity contribution is 0.260. The van der Waals surface area contributed by atoms with Crippen molar-refractivity contribution in [3.8, 4) is 0 Å². The molecule has 0 aliphatic heterocycles. The molecule has 1 aliphatic rings. The SMILES string of the molecule is C=CCN(CCO)S(=O)(=O)c1[nH]ncc1CNC1CC1. The van der Waals surface area contributed by atoms with Gasteiger partial charge in [0.25, 0.3) is 10.0 Å². The normalized spacial score (nSPS) is 15.7. The van der Waals surface area contributed by atoms with Crippen molar-refractivity contribution in [2.24, 2.45) is 0 Å². The molecule has 0 aromatic carbocycles. The van der Waals surface area contributed by atoms with Crippen LogP contribution in [-0.4, -0.2) is 53.8 Å². The van der Waals surface area contributed by atoms with Crippen molar-refractivity contribution in [3.05, 3.63) is 24.4 Å². The smallest absolute Gasteiger partial charge is 0.260 e. The van der Waals surface area contributed by atoms with E-state index in [4.69, 9.17) is 5.11 Å². The molecular weight excluding hydrogens is 280 g/mol. The molecule has 1 aromatic heterocycles. The topological polar surface area (TPSA) is 98.3 Å². The quantitative estimate of drug-likeness (QED) is 0.550. The number of sulfonamides is 1. The number of hydrogen-bond donors (Lipinski definition) is 3. The summed E-state index contributed by atoms with van der Waals surface area (Å²) in [7, 11) is -3.70. The molecule has 0 bridgehead atoms. The van der Waals surface area contributed by atoms with Crippen molar-refractivity contribution in [2.75, 3.05) is 19.7 Å². The van der Waals surface area contributed by atoms with E-state index in [0.717, 1.165) is 12.8 Å². The van der Waals surface area contributed by atoms with Crippen LogP contribution < -0.4 is 5.32 Å². The summed E-state index contributed by atoms with van der Waals surface area (Å²) < 4.78 is 26.2. The summed E-state index contributed by atoms with van der Waals surface area (Å²) in [5, 5.41) is 18.7. The Labute approximate surface area is 118 Å². The van der Waals surface area contributed by atoms with E-state index in [1.807, 2.05) is 0 Å². The highest BCUT2D eigenvalue weighted by Crippen LogP contribution is 2.21. The molecule has 1 fully saturated rings. The molecule has 20 heavy (non-hydrogen) atoms. The average molecular weight is 300 g/mol. The number of hydrogen-bond acceptors (Lipinski definition) is 5. The monoisotopic (exact) mass is 300 g/mol. The third-order valence-electron chi connectivity index (χ3n) is 3.12. The van der Waals surface area contributed by atoms with Gasteiger partial charge in [0.1, 0.15) is 0 Å². The summed E-state index contributed by atoms with van der Waals surface area (Å²) in [4.78, 5) is 0. The van der Waals surface area contributed by atoms with Crippen molar-refractivity contribution in [1.29, 1.82) is 0 Å². The highest BCUT2D eigenvalue weighted by Gasteiger charge is 2.28. The van der Waals surface area contributed by atoms with Gasteiger partial charge in [-0.2, -0.15) is 9.40 Å². The third-order valence-corrected chi connectivity index (χ3v) is 5.00. The maximum Gasteiger partial charge on any atom is 0.260 e. The Kier molecular flexibility index (Phi) is 4.92. The van der Waals surface area contributed by atoms with Crippen LogP contribution >= 0.6 is 0 Å². The zero-order valence-corrected chi connectivity index (χ0v) is 12.1. The van der Waals surface area contributed by atoms with Crippen molar-refractivity contribution >= 4 is 10.0 Å². The van der Waals surface area contributed by atoms with E-state index in [-0.39, 0.29) is 24.7 Å². The van der Waals surface area contributed by atoms with Crippen LogP contribution in [0.1, 0.15) is 18.4 Å². The molecule has 1 heterocycles. The van der Waals surface area contributed by atoms with Crippen LogP contribution in [0.25, 0.3) is 0 Å². The van der Waals surface area contributed by atoms with E-state index in [1.165, 1.54) is 16.6 Å². The number of nitrogens with zero attached hydrogens (tertiary/aromatic N) is 2. The van der Waals surface area contributed by atoms with Crippen molar-refractivity contribution in [1.82, 2.24) is 19.8 Å². The summed E-state index contributed by atoms with van der Waals surface area (Å²) in [6.45, 7) is 3.95. The first-order valence-electron chi connectivity index (χ1n) is 6.57. The van der Waals surface area contributed by atoms with E-state index >= 15 is 0 Å². The number of nitrogens with one attached hydrogen (secondary N) is 2. The molecule has 1 aromatic rings. The van der Waals surface area contributed by atoms with Gasteiger partial charge in [-0.25, -0.2) is 8.42 Å². The van der Waals surface area contributed by atoms with Gasteiger partial charge in [0.2, 0.25) is 0 Å². The van der Waals surface area contributed by atoms with Gasteiger partial charge in [-0.15, -0.1) is 6.58 Å². The Bertz CT molecular complexity index is 551. The Balaban J connectivity index is 2.18. The molecule has 1 aliphatic carbocycles. The molecule has 0 unspecified atom stereocenters. The molecule has 0 spiro atoms. The van der Waals surface area contributed by atoms with Gasteiger partial charge in [0.15, 0.2) is 5.03 Å². The fourth-order valence-corrected chi connectivity index (χ4v) is 3.39. The Morgan fingerprint density at radius 3 is 2.95 bits per heavy atom. The van der Waals surface area contributed by atoms with Gasteiger partial charge < -0.3 is 10.4 Å². The number of aliphatic hydroxyl groups excluding tert-OH is 1. The van der Waals surface area contributed by atoms with Gasteiger partial charge in [-0.3, -0.25) is 5.10 Å². The summed E-state index contributed by atoms with van der Waals surface area (Å²) in [6, 6.07) is 0.488. The maximum atomic E-state index is 12.5. The van der Waals surface area contributed by atoms with Crippen LogP contribution in [0.3, 0.4) is 0 Å². The highest BCUT2D eigenvalue weighted by molar-refractivity contribution is 7.89. The number of aromatic amines is 1. The predicted molar refractivity (Wildman–Crippen MR) is 74.5 cm³/mol. The lowest BCUT2D eigenvalue weighted by atomic mass is 10.3. The first-order valence-corrected chi connectivity index (χ1v) is 8.01. The first-order chi connectivity index (χ1) is 9.59. The molecule has 1 saturated carbocycles. The van der Waals surface area contributed by atoms with Gasteiger partial charge in [0, 0.05) is 31.2 Å². The standard InChI is InChI=1S/C12H20N4O3S/c1-2-5-16(6-7-17)20(18,19)12-10(9-14-15-12)8-13-11-3-4-11/h2,9,11,13,17H,1,3-8H2,(H,14,15). The zero-order valence-electron chi connectivity index (χ0n) is 11.2. The second kappa shape index (κ2) is 6.49. The number of aromatic nitrogens is 2. The van der Waals surface area contributed by atoms with Crippen LogP contribution in [0.2, 0.25) is 0 Å². The molecule has 0 amide bonds. The van der Waals surface area contributed by atoms with E-state index < -0.39 is 10.0 Å². The summed E-state index contributed by atoms with van der Waals surface area (Å²) in [6.07, 6.45) is 5.28. The molecule has 7 nitrogen and oxygen atoms in total. The molecule has 8 heteroatoms. The van der Waals surface area contributed by atoms with Crippen molar-refractivity contribution in [3.63, 3.8) is 0 Å². The summed E-state index contributed by atoms with van der Waals surface area (Å²) in [5.74, 6) is 0. The van der Waals surface area contributed by atoms with Gasteiger partial charge in [-0.05, 0) is 12.8 Å². The molecule has 0 atom stereocenters. The Morgan fingerprint density at radius 1 is 1.60 bits per heavy atom. The van der Waals surface area contributed by atoms with E-state index in [2.05, 4.69) is 22.1 Å². The summed E-state index contributed by atoms with van der Waals surface area (Å²) >= 11 is 0. The van der Waals surface area contributed by atoms with Crippen molar-refractivity contribution < 1.29 is 13.5 Å². The van der Waals surface area contributed by atoms with E-state index in [9.17, 15) is 8.42 Å². The second-order valence-corrected chi connectivity index (χ2v) is 6.63. The largest absolute Gasteiger partial charge is 0.395 e. The van der Waals surface area contributed by atoms with Crippen molar-refractivity contribution in [2.45, 2.75) is 30.5 Å². The van der Waals surface area contributed by atoms with Crippen LogP contribution in [0.5, 0.6) is 0 Å². The highest BCUT2D eigenvalue weighted by atomic mass is 32.2. The van der Waals surface area contributed by atoms with E-state index in [1.54, 1.807) is 0 Å². The molecule has 0 saturated heterocycles. The lowest BCUT2D eigenvalue weighted by Gasteiger charge is -2.19. The lowest BCUT2D eigenvalue weighted by Crippen LogP contribution is -2.34. The number of H-pyrrole nitrogens is 1. The second-order valence-electron chi connectivity index (χ2n) is 4.75. The minimum absolute atomic E-state index is 0.0306. The number of rotatable bonds is 9. The van der Waals surface area contributed by atoms with E-state index in [0.29, 0.717) is 18.2 Å². The fraction of sp³-hybridized carbons (Fsp3) is 0.583. The zero-order chi connectivity index (χ0) is 14.6. The van der Waals surface area contributed by atoms with Crippen LogP contribution in [-0.2, 0) is 16.6 Å². The Hall–Kier alpha value is -1.22. The third kappa shape index (κ3) is 3.45.